The van der Waals surface area contributed by atoms with Gasteiger partial charge in [0.15, 0.2) is 0 Å². The van der Waals surface area contributed by atoms with Crippen molar-refractivity contribution in [3.8, 4) is 0 Å². The Hall–Kier alpha value is -1.64. The largest absolute Gasteiger partial charge is 0.432 e. The molecular weight excluding hydrogens is 159 g/mol. The van der Waals surface area contributed by atoms with E-state index >= 15 is 0 Å². The average Bonchev–Trinajstić information content (AvgIpc) is 2.06. The highest BCUT2D eigenvalue weighted by molar-refractivity contribution is 5.89. The van der Waals surface area contributed by atoms with E-state index in [0.29, 0.717) is 5.56 Å². The van der Waals surface area contributed by atoms with Crippen molar-refractivity contribution in [2.24, 2.45) is 0 Å². The number of hydrogen-bond acceptors (Lipinski definition) is 2. The van der Waals surface area contributed by atoms with Gasteiger partial charge in [-0.1, -0.05) is 6.58 Å². The highest BCUT2D eigenvalue weighted by Gasteiger charge is 2.03. The lowest BCUT2D eigenvalue weighted by Crippen LogP contribution is -1.99. The number of hydrogen-bond donors (Lipinski definition) is 0. The molecule has 1 rings (SSSR count). The summed E-state index contributed by atoms with van der Waals surface area (Å²) in [6, 6.07) is 5.09. The van der Waals surface area contributed by atoms with Crippen molar-refractivity contribution in [3.05, 3.63) is 48.5 Å². The molecule has 12 heavy (non-hydrogen) atoms. The normalized spacial score (nSPS) is 9.08. The predicted molar refractivity (Wildman–Crippen MR) is 42.0 cm³/mol. The molecule has 0 unspecified atom stereocenters. The molecule has 0 amide bonds. The second-order valence-electron chi connectivity index (χ2n) is 2.08. The first kappa shape index (κ1) is 8.46. The Kier molecular flexibility index (Phi) is 2.58. The summed E-state index contributed by atoms with van der Waals surface area (Å²) >= 11 is 0. The predicted octanol–water partition coefficient (Wildman–Crippen LogP) is 2.13. The molecule has 1 aromatic rings. The molecule has 0 aliphatic rings. The molecule has 0 radical (unpaired) electrons. The molecule has 0 fully saturated rings. The molecule has 3 heteroatoms. The summed E-state index contributed by atoms with van der Waals surface area (Å²) in [7, 11) is 0. The second kappa shape index (κ2) is 3.67. The molecule has 0 N–H and O–H groups in total. The molecule has 1 aromatic carbocycles. The van der Waals surface area contributed by atoms with Crippen LogP contribution < -0.4 is 0 Å². The average molecular weight is 166 g/mol. The van der Waals surface area contributed by atoms with Gasteiger partial charge in [-0.2, -0.15) is 0 Å². The zero-order valence-electron chi connectivity index (χ0n) is 6.29. The van der Waals surface area contributed by atoms with Crippen LogP contribution in [0.2, 0.25) is 0 Å². The smallest absolute Gasteiger partial charge is 0.342 e. The van der Waals surface area contributed by atoms with E-state index in [9.17, 15) is 9.18 Å². The first-order valence-electron chi connectivity index (χ1n) is 3.31. The van der Waals surface area contributed by atoms with Crippen LogP contribution in [0.5, 0.6) is 0 Å². The van der Waals surface area contributed by atoms with Crippen molar-refractivity contribution in [3.63, 3.8) is 0 Å². The number of halogens is 1. The van der Waals surface area contributed by atoms with Crippen LogP contribution >= 0.6 is 0 Å². The SMILES string of the molecule is C=COC(=O)c1ccc(F)cc1. The number of rotatable bonds is 2. The van der Waals surface area contributed by atoms with Crippen molar-refractivity contribution >= 4 is 5.97 Å². The van der Waals surface area contributed by atoms with Gasteiger partial charge >= 0.3 is 5.97 Å². The monoisotopic (exact) mass is 166 g/mol. The minimum Gasteiger partial charge on any atom is -0.432 e. The van der Waals surface area contributed by atoms with Crippen LogP contribution in [0.4, 0.5) is 4.39 Å². The number of carbonyl (C=O) groups excluding carboxylic acids is 1. The van der Waals surface area contributed by atoms with Gasteiger partial charge < -0.3 is 4.74 Å². The zero-order chi connectivity index (χ0) is 8.97. The van der Waals surface area contributed by atoms with E-state index in [2.05, 4.69) is 11.3 Å². The van der Waals surface area contributed by atoms with Gasteiger partial charge in [0.2, 0.25) is 0 Å². The van der Waals surface area contributed by atoms with Gasteiger partial charge in [-0.25, -0.2) is 9.18 Å². The van der Waals surface area contributed by atoms with Crippen molar-refractivity contribution in [1.82, 2.24) is 0 Å². The van der Waals surface area contributed by atoms with Gasteiger partial charge in [-0.15, -0.1) is 0 Å². The van der Waals surface area contributed by atoms with Crippen LogP contribution in [0.25, 0.3) is 0 Å². The molecule has 0 aliphatic heterocycles. The topological polar surface area (TPSA) is 26.3 Å². The van der Waals surface area contributed by atoms with Gasteiger partial charge in [0, 0.05) is 0 Å². The number of carbonyl (C=O) groups is 1. The molecule has 0 saturated heterocycles. The Morgan fingerprint density at radius 3 is 2.50 bits per heavy atom. The Bertz CT molecular complexity index is 290. The fraction of sp³-hybridized carbons (Fsp3) is 0. The number of ether oxygens (including phenoxy) is 1. The summed E-state index contributed by atoms with van der Waals surface area (Å²) in [6.07, 6.45) is 1.03. The Morgan fingerprint density at radius 1 is 1.42 bits per heavy atom. The number of benzene rings is 1. The maximum absolute atomic E-state index is 12.4. The summed E-state index contributed by atoms with van der Waals surface area (Å²) in [5, 5.41) is 0. The van der Waals surface area contributed by atoms with E-state index in [1.165, 1.54) is 24.3 Å². The summed E-state index contributed by atoms with van der Waals surface area (Å²) in [5.41, 5.74) is 0.302. The van der Waals surface area contributed by atoms with Crippen LogP contribution in [-0.4, -0.2) is 5.97 Å². The molecule has 0 saturated carbocycles. The third kappa shape index (κ3) is 1.92. The van der Waals surface area contributed by atoms with E-state index in [-0.39, 0.29) is 5.82 Å². The van der Waals surface area contributed by atoms with Crippen molar-refractivity contribution in [2.45, 2.75) is 0 Å². The first-order valence-corrected chi connectivity index (χ1v) is 3.31. The van der Waals surface area contributed by atoms with E-state index in [4.69, 9.17) is 0 Å². The van der Waals surface area contributed by atoms with Gasteiger partial charge in [-0.05, 0) is 24.3 Å². The summed E-state index contributed by atoms with van der Waals surface area (Å²) < 4.78 is 16.8. The Morgan fingerprint density at radius 2 is 2.00 bits per heavy atom. The van der Waals surface area contributed by atoms with E-state index in [1.807, 2.05) is 0 Å². The Balaban J connectivity index is 2.82. The third-order valence-electron chi connectivity index (χ3n) is 1.27. The molecule has 0 spiro atoms. The van der Waals surface area contributed by atoms with Gasteiger partial charge in [0.25, 0.3) is 0 Å². The lowest BCUT2D eigenvalue weighted by molar-refractivity contribution is 0.0664. The molecular formula is C9H7FO2. The van der Waals surface area contributed by atoms with Gasteiger partial charge in [-0.3, -0.25) is 0 Å². The van der Waals surface area contributed by atoms with Crippen LogP contribution in [-0.2, 0) is 4.74 Å². The molecule has 0 heterocycles. The van der Waals surface area contributed by atoms with E-state index in [1.54, 1.807) is 0 Å². The second-order valence-corrected chi connectivity index (χ2v) is 2.08. The maximum Gasteiger partial charge on any atom is 0.342 e. The number of esters is 1. The van der Waals surface area contributed by atoms with E-state index in [0.717, 1.165) is 6.26 Å². The van der Waals surface area contributed by atoms with Crippen molar-refractivity contribution in [2.75, 3.05) is 0 Å². The molecule has 0 atom stereocenters. The standard InChI is InChI=1S/C9H7FO2/c1-2-12-9(11)7-3-5-8(10)6-4-7/h2-6H,1H2. The first-order chi connectivity index (χ1) is 5.74. The highest BCUT2D eigenvalue weighted by atomic mass is 19.1. The molecule has 0 aromatic heterocycles. The summed E-state index contributed by atoms with van der Waals surface area (Å²) in [6.45, 7) is 3.23. The quantitative estimate of drug-likeness (QED) is 0.497. The van der Waals surface area contributed by atoms with Crippen molar-refractivity contribution in [1.29, 1.82) is 0 Å². The molecule has 0 aliphatic carbocycles. The Labute approximate surface area is 69.3 Å². The minimum atomic E-state index is -0.537. The van der Waals surface area contributed by atoms with Crippen LogP contribution in [0.3, 0.4) is 0 Å². The van der Waals surface area contributed by atoms with Crippen LogP contribution in [0.15, 0.2) is 37.1 Å². The fourth-order valence-corrected chi connectivity index (χ4v) is 0.730. The minimum absolute atomic E-state index is 0.302. The summed E-state index contributed by atoms with van der Waals surface area (Å²) in [4.78, 5) is 10.9. The van der Waals surface area contributed by atoms with Crippen LogP contribution in [0.1, 0.15) is 10.4 Å². The van der Waals surface area contributed by atoms with Crippen LogP contribution in [0, 0.1) is 5.82 Å². The molecule has 0 bridgehead atoms. The van der Waals surface area contributed by atoms with Gasteiger partial charge in [0.05, 0.1) is 11.8 Å². The van der Waals surface area contributed by atoms with Crippen molar-refractivity contribution < 1.29 is 13.9 Å². The molecule has 2 nitrogen and oxygen atoms in total. The van der Waals surface area contributed by atoms with Gasteiger partial charge in [0.1, 0.15) is 5.82 Å². The zero-order valence-corrected chi connectivity index (χ0v) is 6.29. The fourth-order valence-electron chi connectivity index (χ4n) is 0.730. The highest BCUT2D eigenvalue weighted by Crippen LogP contribution is 2.04. The maximum atomic E-state index is 12.4. The van der Waals surface area contributed by atoms with E-state index < -0.39 is 5.97 Å². The summed E-state index contributed by atoms with van der Waals surface area (Å²) in [5.74, 6) is -0.921. The molecule has 62 valence electrons. The lowest BCUT2D eigenvalue weighted by Gasteiger charge is -1.97. The third-order valence-corrected chi connectivity index (χ3v) is 1.27. The lowest BCUT2D eigenvalue weighted by atomic mass is 10.2.